The molecule has 92 valence electrons. The predicted molar refractivity (Wildman–Crippen MR) is 65.5 cm³/mol. The van der Waals surface area contributed by atoms with Crippen LogP contribution in [0, 0.1) is 10.1 Å². The number of nitro groups is 1. The lowest BCUT2D eigenvalue weighted by atomic mass is 10.1. The third-order valence-corrected chi connectivity index (χ3v) is 2.98. The summed E-state index contributed by atoms with van der Waals surface area (Å²) in [5.41, 5.74) is 6.12. The summed E-state index contributed by atoms with van der Waals surface area (Å²) in [4.78, 5) is 21.4. The Morgan fingerprint density at radius 3 is 2.76 bits per heavy atom. The number of hydrogen-bond donors (Lipinski definition) is 1. The molecule has 2 N–H and O–H groups in total. The molecule has 0 fully saturated rings. The number of halogens is 1. The van der Waals surface area contributed by atoms with E-state index in [1.165, 1.54) is 12.1 Å². The van der Waals surface area contributed by atoms with E-state index in [1.807, 2.05) is 0 Å². The molecule has 0 aromatic heterocycles. The first-order valence-corrected chi connectivity index (χ1v) is 5.63. The number of carbonyl (C=O) groups excluding carboxylic acids is 1. The molecule has 0 amide bonds. The highest BCUT2D eigenvalue weighted by Gasteiger charge is 2.16. The Morgan fingerprint density at radius 1 is 1.59 bits per heavy atom. The third-order valence-electron chi connectivity index (χ3n) is 2.01. The summed E-state index contributed by atoms with van der Waals surface area (Å²) in [5.74, 6) is -0.451. The van der Waals surface area contributed by atoms with Crippen LogP contribution in [-0.4, -0.2) is 17.5 Å². The molecule has 0 radical (unpaired) electrons. The van der Waals surface area contributed by atoms with Gasteiger partial charge in [0.1, 0.15) is 0 Å². The first kappa shape index (κ1) is 13.4. The van der Waals surface area contributed by atoms with Crippen LogP contribution in [0.4, 0.5) is 11.4 Å². The second kappa shape index (κ2) is 5.62. The predicted octanol–water partition coefficient (Wildman–Crippen LogP) is 2.05. The standard InChI is InChI=1S/C10H11BrN2O4/c1-2-17-9(14)4-6-3-7(13(15)16)5-8(12)10(6)11/h3,5H,2,4,12H2,1H3. The van der Waals surface area contributed by atoms with Gasteiger partial charge in [0, 0.05) is 16.6 Å². The molecule has 0 unspecified atom stereocenters. The molecule has 7 heteroatoms. The van der Waals surface area contributed by atoms with Gasteiger partial charge in [0.05, 0.1) is 23.6 Å². The molecule has 1 rings (SSSR count). The number of esters is 1. The van der Waals surface area contributed by atoms with Crippen molar-refractivity contribution in [2.24, 2.45) is 0 Å². The Balaban J connectivity index is 3.05. The minimum atomic E-state index is -0.558. The van der Waals surface area contributed by atoms with Crippen LogP contribution < -0.4 is 5.73 Å². The molecule has 17 heavy (non-hydrogen) atoms. The summed E-state index contributed by atoms with van der Waals surface area (Å²) >= 11 is 3.19. The summed E-state index contributed by atoms with van der Waals surface area (Å²) in [7, 11) is 0. The monoisotopic (exact) mass is 302 g/mol. The normalized spacial score (nSPS) is 10.0. The Morgan fingerprint density at radius 2 is 2.24 bits per heavy atom. The van der Waals surface area contributed by atoms with Crippen LogP contribution in [0.25, 0.3) is 0 Å². The van der Waals surface area contributed by atoms with Crippen molar-refractivity contribution in [3.63, 3.8) is 0 Å². The van der Waals surface area contributed by atoms with Crippen LogP contribution in [0.1, 0.15) is 12.5 Å². The fourth-order valence-electron chi connectivity index (χ4n) is 1.29. The van der Waals surface area contributed by atoms with Crippen LogP contribution in [0.3, 0.4) is 0 Å². The Bertz CT molecular complexity index is 462. The molecular formula is C10H11BrN2O4. The molecular weight excluding hydrogens is 292 g/mol. The van der Waals surface area contributed by atoms with Crippen molar-refractivity contribution in [2.45, 2.75) is 13.3 Å². The van der Waals surface area contributed by atoms with Gasteiger partial charge in [-0.2, -0.15) is 0 Å². The number of ether oxygens (including phenoxy) is 1. The molecule has 0 aliphatic carbocycles. The SMILES string of the molecule is CCOC(=O)Cc1cc([N+](=O)[O-])cc(N)c1Br. The van der Waals surface area contributed by atoms with Gasteiger partial charge in [-0.25, -0.2) is 0 Å². The van der Waals surface area contributed by atoms with Crippen molar-refractivity contribution in [2.75, 3.05) is 12.3 Å². The molecule has 0 spiro atoms. The Kier molecular flexibility index (Phi) is 4.45. The van der Waals surface area contributed by atoms with Crippen LogP contribution in [-0.2, 0) is 16.0 Å². The van der Waals surface area contributed by atoms with E-state index >= 15 is 0 Å². The summed E-state index contributed by atoms with van der Waals surface area (Å²) in [6.45, 7) is 1.95. The maximum Gasteiger partial charge on any atom is 0.310 e. The molecule has 0 heterocycles. The van der Waals surface area contributed by atoms with Crippen LogP contribution in [0.15, 0.2) is 16.6 Å². The van der Waals surface area contributed by atoms with Crippen molar-refractivity contribution in [1.29, 1.82) is 0 Å². The van der Waals surface area contributed by atoms with Crippen molar-refractivity contribution in [1.82, 2.24) is 0 Å². The van der Waals surface area contributed by atoms with Crippen LogP contribution in [0.5, 0.6) is 0 Å². The number of nitro benzene ring substituents is 1. The molecule has 0 aliphatic rings. The van der Waals surface area contributed by atoms with E-state index in [0.29, 0.717) is 10.0 Å². The molecule has 6 nitrogen and oxygen atoms in total. The summed E-state index contributed by atoms with van der Waals surface area (Å²) in [6, 6.07) is 2.54. The van der Waals surface area contributed by atoms with E-state index in [4.69, 9.17) is 10.5 Å². The van der Waals surface area contributed by atoms with E-state index < -0.39 is 10.9 Å². The number of nitrogens with two attached hydrogens (primary N) is 1. The zero-order chi connectivity index (χ0) is 13.0. The average molecular weight is 303 g/mol. The lowest BCUT2D eigenvalue weighted by molar-refractivity contribution is -0.384. The first-order valence-electron chi connectivity index (χ1n) is 4.83. The lowest BCUT2D eigenvalue weighted by Crippen LogP contribution is -2.09. The number of nitrogen functional groups attached to an aromatic ring is 1. The van der Waals surface area contributed by atoms with Gasteiger partial charge < -0.3 is 10.5 Å². The number of nitrogens with zero attached hydrogens (tertiary/aromatic N) is 1. The van der Waals surface area contributed by atoms with Gasteiger partial charge >= 0.3 is 5.97 Å². The Labute approximate surface area is 106 Å². The topological polar surface area (TPSA) is 95.5 Å². The zero-order valence-electron chi connectivity index (χ0n) is 9.10. The first-order chi connectivity index (χ1) is 7.95. The average Bonchev–Trinajstić information content (AvgIpc) is 2.24. The molecule has 0 saturated carbocycles. The van der Waals surface area contributed by atoms with Crippen molar-refractivity contribution in [3.8, 4) is 0 Å². The second-order valence-corrected chi connectivity index (χ2v) is 4.04. The maximum absolute atomic E-state index is 11.3. The molecule has 1 aromatic carbocycles. The van der Waals surface area contributed by atoms with E-state index in [-0.39, 0.29) is 24.4 Å². The molecule has 0 aliphatic heterocycles. The number of carbonyl (C=O) groups is 1. The van der Waals surface area contributed by atoms with Crippen LogP contribution in [0.2, 0.25) is 0 Å². The van der Waals surface area contributed by atoms with Gasteiger partial charge in [-0.15, -0.1) is 0 Å². The van der Waals surface area contributed by atoms with E-state index in [1.54, 1.807) is 6.92 Å². The fraction of sp³-hybridized carbons (Fsp3) is 0.300. The highest BCUT2D eigenvalue weighted by atomic mass is 79.9. The maximum atomic E-state index is 11.3. The molecule has 0 atom stereocenters. The third kappa shape index (κ3) is 3.42. The highest BCUT2D eigenvalue weighted by molar-refractivity contribution is 9.10. The van der Waals surface area contributed by atoms with Gasteiger partial charge in [0.2, 0.25) is 0 Å². The largest absolute Gasteiger partial charge is 0.466 e. The molecule has 1 aromatic rings. The van der Waals surface area contributed by atoms with E-state index in [9.17, 15) is 14.9 Å². The van der Waals surface area contributed by atoms with Crippen molar-refractivity contribution >= 4 is 33.3 Å². The van der Waals surface area contributed by atoms with Gasteiger partial charge in [-0.3, -0.25) is 14.9 Å². The summed E-state index contributed by atoms with van der Waals surface area (Å²) in [6.07, 6.45) is -0.0553. The molecule has 0 saturated heterocycles. The second-order valence-electron chi connectivity index (χ2n) is 3.25. The summed E-state index contributed by atoms with van der Waals surface area (Å²) in [5, 5.41) is 10.6. The quantitative estimate of drug-likeness (QED) is 0.397. The number of rotatable bonds is 4. The Hall–Kier alpha value is -1.63. The lowest BCUT2D eigenvalue weighted by Gasteiger charge is -2.06. The minimum Gasteiger partial charge on any atom is -0.466 e. The molecule has 0 bridgehead atoms. The highest BCUT2D eigenvalue weighted by Crippen LogP contribution is 2.29. The van der Waals surface area contributed by atoms with Crippen molar-refractivity contribution in [3.05, 3.63) is 32.3 Å². The number of benzene rings is 1. The van der Waals surface area contributed by atoms with Crippen LogP contribution >= 0.6 is 15.9 Å². The van der Waals surface area contributed by atoms with Gasteiger partial charge in [-0.1, -0.05) is 0 Å². The van der Waals surface area contributed by atoms with Crippen molar-refractivity contribution < 1.29 is 14.5 Å². The van der Waals surface area contributed by atoms with E-state index in [2.05, 4.69) is 15.9 Å². The minimum absolute atomic E-state index is 0.0553. The van der Waals surface area contributed by atoms with E-state index in [0.717, 1.165) is 0 Å². The number of hydrogen-bond acceptors (Lipinski definition) is 5. The zero-order valence-corrected chi connectivity index (χ0v) is 10.7. The summed E-state index contributed by atoms with van der Waals surface area (Å²) < 4.78 is 5.25. The van der Waals surface area contributed by atoms with Gasteiger partial charge in [-0.05, 0) is 28.4 Å². The smallest absolute Gasteiger partial charge is 0.310 e. The van der Waals surface area contributed by atoms with Gasteiger partial charge in [0.15, 0.2) is 0 Å². The fourth-order valence-corrected chi connectivity index (χ4v) is 1.66. The van der Waals surface area contributed by atoms with Gasteiger partial charge in [0.25, 0.3) is 5.69 Å². The number of non-ortho nitro benzene ring substituents is 1. The number of anilines is 1.